The van der Waals surface area contributed by atoms with Gasteiger partial charge in [-0.2, -0.15) is 0 Å². The Bertz CT molecular complexity index is 622. The van der Waals surface area contributed by atoms with E-state index in [1.807, 2.05) is 6.92 Å². The van der Waals surface area contributed by atoms with Gasteiger partial charge in [-0.1, -0.05) is 39.0 Å². The van der Waals surface area contributed by atoms with E-state index in [2.05, 4.69) is 32.1 Å². The molecular weight excluding hydrogens is 344 g/mol. The van der Waals surface area contributed by atoms with E-state index in [-0.39, 0.29) is 36.5 Å². The lowest BCUT2D eigenvalue weighted by Gasteiger charge is -2.43. The molecule has 5 heteroatoms. The van der Waals surface area contributed by atoms with Crippen LogP contribution in [-0.2, 0) is 19.1 Å². The molecule has 0 aromatic rings. The fourth-order valence-electron chi connectivity index (χ4n) is 4.89. The molecule has 3 rings (SSSR count). The number of rotatable bonds is 5. The molecule has 0 aromatic carbocycles. The summed E-state index contributed by atoms with van der Waals surface area (Å²) >= 11 is 0. The highest BCUT2D eigenvalue weighted by molar-refractivity contribution is 5.71. The van der Waals surface area contributed by atoms with E-state index in [1.54, 1.807) is 0 Å². The van der Waals surface area contributed by atoms with Gasteiger partial charge in [0.1, 0.15) is 12.2 Å². The maximum absolute atomic E-state index is 12.0. The Morgan fingerprint density at radius 3 is 2.78 bits per heavy atom. The zero-order valence-corrected chi connectivity index (χ0v) is 16.6. The van der Waals surface area contributed by atoms with Crippen LogP contribution in [0.2, 0.25) is 0 Å². The van der Waals surface area contributed by atoms with E-state index >= 15 is 0 Å². The summed E-state index contributed by atoms with van der Waals surface area (Å²) in [6, 6.07) is 0. The first-order valence-electron chi connectivity index (χ1n) is 10.3. The van der Waals surface area contributed by atoms with Crippen LogP contribution < -0.4 is 0 Å². The van der Waals surface area contributed by atoms with E-state index in [1.165, 1.54) is 5.57 Å². The van der Waals surface area contributed by atoms with Crippen LogP contribution in [0, 0.1) is 23.7 Å². The van der Waals surface area contributed by atoms with Crippen LogP contribution in [0.5, 0.6) is 0 Å². The Balaban J connectivity index is 1.74. The number of fused-ring (bicyclic) bond motifs is 1. The smallest absolute Gasteiger partial charge is 0.308 e. The molecule has 3 aliphatic rings. The molecule has 0 saturated carbocycles. The molecule has 1 fully saturated rings. The fraction of sp³-hybridized carbons (Fsp3) is 0.727. The van der Waals surface area contributed by atoms with Gasteiger partial charge in [-0.15, -0.1) is 0 Å². The maximum Gasteiger partial charge on any atom is 0.308 e. The molecule has 0 bridgehead atoms. The molecule has 0 spiro atoms. The van der Waals surface area contributed by atoms with Crippen molar-refractivity contribution in [3.05, 3.63) is 23.8 Å². The minimum atomic E-state index is -0.593. The van der Waals surface area contributed by atoms with Crippen molar-refractivity contribution in [3.63, 3.8) is 0 Å². The van der Waals surface area contributed by atoms with Crippen molar-refractivity contribution in [3.8, 4) is 0 Å². The van der Waals surface area contributed by atoms with Gasteiger partial charge in [-0.25, -0.2) is 0 Å². The third-order valence-electron chi connectivity index (χ3n) is 6.22. The van der Waals surface area contributed by atoms with Gasteiger partial charge in [-0.05, 0) is 42.6 Å². The second-order valence-corrected chi connectivity index (χ2v) is 8.45. The van der Waals surface area contributed by atoms with Crippen molar-refractivity contribution in [1.29, 1.82) is 0 Å². The SMILES string of the molecule is CCC(=O)O[C@H]1C[C@@H](C)C=C2C=C[C@@H](C)[C@H](CC[C@@H]3C[C@@H](O)CC(=O)O3)[C@H]21. The predicted molar refractivity (Wildman–Crippen MR) is 102 cm³/mol. The van der Waals surface area contributed by atoms with Crippen LogP contribution in [-0.4, -0.2) is 35.4 Å². The lowest BCUT2D eigenvalue weighted by atomic mass is 9.65. The normalized spacial score (nSPS) is 38.6. The summed E-state index contributed by atoms with van der Waals surface area (Å²) in [5.74, 6) is 0.838. The number of hydrogen-bond acceptors (Lipinski definition) is 5. The Morgan fingerprint density at radius 2 is 2.07 bits per heavy atom. The quantitative estimate of drug-likeness (QED) is 0.743. The molecule has 1 N–H and O–H groups in total. The summed E-state index contributed by atoms with van der Waals surface area (Å²) in [4.78, 5) is 23.6. The van der Waals surface area contributed by atoms with E-state index < -0.39 is 6.10 Å². The first-order chi connectivity index (χ1) is 12.9. The molecule has 1 aliphatic heterocycles. The Labute approximate surface area is 161 Å². The van der Waals surface area contributed by atoms with E-state index in [9.17, 15) is 14.7 Å². The summed E-state index contributed by atoms with van der Waals surface area (Å²) in [6.45, 7) is 6.20. The van der Waals surface area contributed by atoms with Crippen LogP contribution in [0.4, 0.5) is 0 Å². The van der Waals surface area contributed by atoms with Crippen molar-refractivity contribution in [2.45, 2.75) is 77.6 Å². The van der Waals surface area contributed by atoms with E-state index in [4.69, 9.17) is 9.47 Å². The number of carbonyl (C=O) groups is 2. The summed E-state index contributed by atoms with van der Waals surface area (Å²) in [5, 5.41) is 9.85. The molecular formula is C22H32O5. The number of carbonyl (C=O) groups excluding carboxylic acids is 2. The Hall–Kier alpha value is -1.62. The standard InChI is InChI=1S/C22H32O5/c1-4-20(24)27-19-10-13(2)9-15-6-5-14(3)18(22(15)19)8-7-17-11-16(23)12-21(25)26-17/h5-6,9,13-14,16-19,22-23H,4,7-8,10-12H2,1-3H3/t13-,14+,16+,17+,18-,19-,22-/m0/s1. The average Bonchev–Trinajstić information content (AvgIpc) is 2.60. The van der Waals surface area contributed by atoms with Crippen LogP contribution >= 0.6 is 0 Å². The molecule has 0 aromatic heterocycles. The molecule has 0 unspecified atom stereocenters. The molecule has 150 valence electrons. The highest BCUT2D eigenvalue weighted by Crippen LogP contribution is 2.45. The summed E-state index contributed by atoms with van der Waals surface area (Å²) < 4.78 is 11.3. The van der Waals surface area contributed by atoms with Crippen LogP contribution in [0.15, 0.2) is 23.8 Å². The molecule has 1 saturated heterocycles. The summed E-state index contributed by atoms with van der Waals surface area (Å²) in [7, 11) is 0. The second-order valence-electron chi connectivity index (χ2n) is 8.45. The third kappa shape index (κ3) is 4.81. The number of cyclic esters (lactones) is 1. The van der Waals surface area contributed by atoms with E-state index in [0.29, 0.717) is 30.6 Å². The summed E-state index contributed by atoms with van der Waals surface area (Å²) in [5.41, 5.74) is 1.27. The maximum atomic E-state index is 12.0. The molecule has 2 aliphatic carbocycles. The predicted octanol–water partition coefficient (Wildman–Crippen LogP) is 3.56. The van der Waals surface area contributed by atoms with Crippen molar-refractivity contribution < 1.29 is 24.2 Å². The number of aliphatic hydroxyl groups excluding tert-OH is 1. The lowest BCUT2D eigenvalue weighted by Crippen LogP contribution is -2.41. The minimum absolute atomic E-state index is 0.0932. The van der Waals surface area contributed by atoms with Crippen LogP contribution in [0.1, 0.15) is 59.3 Å². The van der Waals surface area contributed by atoms with Crippen molar-refractivity contribution in [1.82, 2.24) is 0 Å². The highest BCUT2D eigenvalue weighted by atomic mass is 16.5. The zero-order valence-electron chi connectivity index (χ0n) is 16.6. The number of allylic oxidation sites excluding steroid dienone is 3. The zero-order chi connectivity index (χ0) is 19.6. The molecule has 0 radical (unpaired) electrons. The van der Waals surface area contributed by atoms with Gasteiger partial charge in [0, 0.05) is 18.8 Å². The van der Waals surface area contributed by atoms with Crippen LogP contribution in [0.3, 0.4) is 0 Å². The van der Waals surface area contributed by atoms with Gasteiger partial charge in [-0.3, -0.25) is 9.59 Å². The monoisotopic (exact) mass is 376 g/mol. The van der Waals surface area contributed by atoms with Gasteiger partial charge in [0.2, 0.25) is 0 Å². The largest absolute Gasteiger partial charge is 0.462 e. The van der Waals surface area contributed by atoms with Crippen molar-refractivity contribution >= 4 is 11.9 Å². The van der Waals surface area contributed by atoms with Gasteiger partial charge >= 0.3 is 11.9 Å². The molecule has 5 nitrogen and oxygen atoms in total. The third-order valence-corrected chi connectivity index (χ3v) is 6.22. The van der Waals surface area contributed by atoms with Gasteiger partial charge in [0.15, 0.2) is 0 Å². The fourth-order valence-corrected chi connectivity index (χ4v) is 4.89. The highest BCUT2D eigenvalue weighted by Gasteiger charge is 2.41. The van der Waals surface area contributed by atoms with Crippen LogP contribution in [0.25, 0.3) is 0 Å². The lowest BCUT2D eigenvalue weighted by molar-refractivity contribution is -0.161. The molecule has 0 amide bonds. The first-order valence-corrected chi connectivity index (χ1v) is 10.3. The number of hydrogen-bond donors (Lipinski definition) is 1. The molecule has 7 atom stereocenters. The second kappa shape index (κ2) is 8.59. The van der Waals surface area contributed by atoms with Gasteiger partial charge in [0.25, 0.3) is 0 Å². The number of ether oxygens (including phenoxy) is 2. The Kier molecular flexibility index (Phi) is 6.40. The first kappa shape index (κ1) is 20.1. The van der Waals surface area contributed by atoms with Gasteiger partial charge < -0.3 is 14.6 Å². The van der Waals surface area contributed by atoms with Gasteiger partial charge in [0.05, 0.1) is 12.5 Å². The van der Waals surface area contributed by atoms with Crippen molar-refractivity contribution in [2.24, 2.45) is 23.7 Å². The molecule has 1 heterocycles. The minimum Gasteiger partial charge on any atom is -0.462 e. The number of aliphatic hydroxyl groups is 1. The average molecular weight is 376 g/mol. The summed E-state index contributed by atoms with van der Waals surface area (Å²) in [6.07, 6.45) is 9.32. The Morgan fingerprint density at radius 1 is 1.30 bits per heavy atom. The van der Waals surface area contributed by atoms with E-state index in [0.717, 1.165) is 19.3 Å². The van der Waals surface area contributed by atoms with Crippen molar-refractivity contribution in [2.75, 3.05) is 0 Å². The number of esters is 2. The topological polar surface area (TPSA) is 72.8 Å². The molecule has 27 heavy (non-hydrogen) atoms.